The Morgan fingerprint density at radius 2 is 2.14 bits per heavy atom. The van der Waals surface area contributed by atoms with Crippen LogP contribution in [0, 0.1) is 5.41 Å². The van der Waals surface area contributed by atoms with E-state index in [9.17, 15) is 14.7 Å². The third-order valence-corrected chi connectivity index (χ3v) is 4.71. The number of nitrogens with zero attached hydrogens (tertiary/aromatic N) is 3. The molecule has 0 aliphatic carbocycles. The summed E-state index contributed by atoms with van der Waals surface area (Å²) in [6, 6.07) is 3.46. The molecule has 3 N–H and O–H groups in total. The van der Waals surface area contributed by atoms with Crippen molar-refractivity contribution in [3.05, 3.63) is 30.7 Å². The maximum Gasteiger partial charge on any atom is 0.326 e. The predicted molar refractivity (Wildman–Crippen MR) is 99.3 cm³/mol. The van der Waals surface area contributed by atoms with Gasteiger partial charge in [-0.25, -0.2) is 9.78 Å². The number of carbonyl (C=O) groups is 2. The van der Waals surface area contributed by atoms with Crippen molar-refractivity contribution < 1.29 is 23.8 Å². The Bertz CT molecular complexity index is 846. The lowest BCUT2D eigenvalue weighted by molar-refractivity contribution is -0.149. The summed E-state index contributed by atoms with van der Waals surface area (Å²) in [5, 5.41) is 9.54. The summed E-state index contributed by atoms with van der Waals surface area (Å²) in [6.07, 6.45) is 2.65. The van der Waals surface area contributed by atoms with Gasteiger partial charge in [-0.15, -0.1) is 0 Å². The standard InChI is InChI=1S/C19H24N4O5/c1-19(2,3)15(20)16(24)23-10-11(9-13(23)17(25)26)28-18-21-7-6-12(22-18)14-5-4-8-27-14/h4-8,11,13,15H,9-10,20H2,1-3H3,(H,25,26). The van der Waals surface area contributed by atoms with Gasteiger partial charge in [-0.2, -0.15) is 4.98 Å². The molecule has 0 bridgehead atoms. The van der Waals surface area contributed by atoms with E-state index in [0.717, 1.165) is 0 Å². The van der Waals surface area contributed by atoms with Crippen molar-refractivity contribution in [1.82, 2.24) is 14.9 Å². The number of amides is 1. The predicted octanol–water partition coefficient (Wildman–Crippen LogP) is 1.54. The summed E-state index contributed by atoms with van der Waals surface area (Å²) in [4.78, 5) is 34.1. The molecule has 0 radical (unpaired) electrons. The van der Waals surface area contributed by atoms with E-state index >= 15 is 0 Å². The van der Waals surface area contributed by atoms with Crippen molar-refractivity contribution in [2.75, 3.05) is 6.54 Å². The third kappa shape index (κ3) is 4.14. The van der Waals surface area contributed by atoms with Gasteiger partial charge in [0.15, 0.2) is 5.76 Å². The molecule has 9 heteroatoms. The van der Waals surface area contributed by atoms with Crippen LogP contribution in [0.5, 0.6) is 6.01 Å². The van der Waals surface area contributed by atoms with Crippen molar-refractivity contribution in [2.24, 2.45) is 11.1 Å². The fraction of sp³-hybridized carbons (Fsp3) is 0.474. The molecule has 3 rings (SSSR count). The van der Waals surface area contributed by atoms with Crippen molar-refractivity contribution >= 4 is 11.9 Å². The first kappa shape index (κ1) is 19.8. The summed E-state index contributed by atoms with van der Waals surface area (Å²) in [6.45, 7) is 5.62. The monoisotopic (exact) mass is 388 g/mol. The topological polar surface area (TPSA) is 132 Å². The number of aromatic nitrogens is 2. The maximum atomic E-state index is 12.8. The first-order chi connectivity index (χ1) is 13.2. The number of likely N-dealkylation sites (tertiary alicyclic amines) is 1. The SMILES string of the molecule is CC(C)(C)C(N)C(=O)N1CC(Oc2nccc(-c3ccco3)n2)CC1C(=O)O. The first-order valence-electron chi connectivity index (χ1n) is 8.99. The summed E-state index contributed by atoms with van der Waals surface area (Å²) >= 11 is 0. The van der Waals surface area contributed by atoms with E-state index < -0.39 is 35.5 Å². The fourth-order valence-electron chi connectivity index (χ4n) is 3.02. The molecule has 3 heterocycles. The van der Waals surface area contributed by atoms with Gasteiger partial charge < -0.3 is 24.9 Å². The second-order valence-electron chi connectivity index (χ2n) is 7.87. The molecule has 2 aromatic heterocycles. The van der Waals surface area contributed by atoms with Gasteiger partial charge in [-0.05, 0) is 23.6 Å². The Balaban J connectivity index is 1.75. The number of ether oxygens (including phenoxy) is 1. The molecule has 0 aromatic carbocycles. The number of carbonyl (C=O) groups excluding carboxylic acids is 1. The van der Waals surface area contributed by atoms with Gasteiger partial charge in [0.05, 0.1) is 18.8 Å². The van der Waals surface area contributed by atoms with Gasteiger partial charge in [0.2, 0.25) is 5.91 Å². The van der Waals surface area contributed by atoms with Gasteiger partial charge in [0.25, 0.3) is 0 Å². The Kier molecular flexibility index (Phi) is 5.37. The lowest BCUT2D eigenvalue weighted by Crippen LogP contribution is -2.53. The zero-order chi connectivity index (χ0) is 20.5. The molecule has 3 unspecified atom stereocenters. The molecule has 1 aliphatic rings. The molecule has 9 nitrogen and oxygen atoms in total. The average molecular weight is 388 g/mol. The Morgan fingerprint density at radius 1 is 1.39 bits per heavy atom. The van der Waals surface area contributed by atoms with Crippen LogP contribution in [0.15, 0.2) is 35.1 Å². The molecule has 3 atom stereocenters. The van der Waals surface area contributed by atoms with E-state index in [1.807, 2.05) is 20.8 Å². The normalized spacial score (nSPS) is 20.8. The molecule has 2 aromatic rings. The Labute approximate surface area is 162 Å². The number of furan rings is 1. The maximum absolute atomic E-state index is 12.8. The molecule has 150 valence electrons. The van der Waals surface area contributed by atoms with Crippen LogP contribution in [0.25, 0.3) is 11.5 Å². The van der Waals surface area contributed by atoms with Gasteiger partial charge in [-0.3, -0.25) is 4.79 Å². The second-order valence-corrected chi connectivity index (χ2v) is 7.87. The lowest BCUT2D eigenvalue weighted by Gasteiger charge is -2.31. The molecule has 28 heavy (non-hydrogen) atoms. The number of rotatable bonds is 5. The van der Waals surface area contributed by atoms with Gasteiger partial charge in [0, 0.05) is 12.6 Å². The van der Waals surface area contributed by atoms with Crippen molar-refractivity contribution in [3.8, 4) is 17.5 Å². The van der Waals surface area contributed by atoms with E-state index in [1.165, 1.54) is 17.4 Å². The molecular formula is C19H24N4O5. The number of carboxylic acids is 1. The number of hydrogen-bond donors (Lipinski definition) is 2. The molecule has 1 saturated heterocycles. The number of carboxylic acid groups (broad SMARTS) is 1. The summed E-state index contributed by atoms with van der Waals surface area (Å²) in [7, 11) is 0. The van der Waals surface area contributed by atoms with E-state index in [2.05, 4.69) is 9.97 Å². The van der Waals surface area contributed by atoms with E-state index in [-0.39, 0.29) is 19.0 Å². The summed E-state index contributed by atoms with van der Waals surface area (Å²) in [5.41, 5.74) is 6.11. The third-order valence-electron chi connectivity index (χ3n) is 4.71. The minimum Gasteiger partial charge on any atom is -0.480 e. The number of hydrogen-bond acceptors (Lipinski definition) is 7. The zero-order valence-electron chi connectivity index (χ0n) is 16.0. The molecule has 0 saturated carbocycles. The van der Waals surface area contributed by atoms with Crippen LogP contribution in [0.2, 0.25) is 0 Å². The molecule has 1 aliphatic heterocycles. The van der Waals surface area contributed by atoms with Gasteiger partial charge >= 0.3 is 12.0 Å². The zero-order valence-corrected chi connectivity index (χ0v) is 16.0. The van der Waals surface area contributed by atoms with Crippen LogP contribution in [0.3, 0.4) is 0 Å². The summed E-state index contributed by atoms with van der Waals surface area (Å²) in [5.74, 6) is -0.933. The highest BCUT2D eigenvalue weighted by Crippen LogP contribution is 2.27. The quantitative estimate of drug-likeness (QED) is 0.788. The second kappa shape index (κ2) is 7.59. The van der Waals surface area contributed by atoms with Crippen LogP contribution in [-0.4, -0.2) is 56.6 Å². The van der Waals surface area contributed by atoms with Gasteiger partial charge in [-0.1, -0.05) is 20.8 Å². The average Bonchev–Trinajstić information content (AvgIpc) is 3.30. The van der Waals surface area contributed by atoms with Crippen LogP contribution in [0.4, 0.5) is 0 Å². The highest BCUT2D eigenvalue weighted by molar-refractivity contribution is 5.88. The molecule has 1 fully saturated rings. The van der Waals surface area contributed by atoms with E-state index in [1.54, 1.807) is 18.2 Å². The van der Waals surface area contributed by atoms with Crippen LogP contribution >= 0.6 is 0 Å². The largest absolute Gasteiger partial charge is 0.480 e. The fourth-order valence-corrected chi connectivity index (χ4v) is 3.02. The highest BCUT2D eigenvalue weighted by Gasteiger charge is 2.44. The Hall–Kier alpha value is -2.94. The minimum absolute atomic E-state index is 0.0949. The van der Waals surface area contributed by atoms with E-state index in [0.29, 0.717) is 11.5 Å². The summed E-state index contributed by atoms with van der Waals surface area (Å²) < 4.78 is 11.1. The highest BCUT2D eigenvalue weighted by atomic mass is 16.5. The Morgan fingerprint density at radius 3 is 2.75 bits per heavy atom. The molecular weight excluding hydrogens is 364 g/mol. The number of nitrogens with two attached hydrogens (primary N) is 1. The minimum atomic E-state index is -1.09. The van der Waals surface area contributed by atoms with Crippen LogP contribution < -0.4 is 10.5 Å². The van der Waals surface area contributed by atoms with Crippen molar-refractivity contribution in [2.45, 2.75) is 45.4 Å². The lowest BCUT2D eigenvalue weighted by atomic mass is 9.86. The molecule has 1 amide bonds. The van der Waals surface area contributed by atoms with Crippen molar-refractivity contribution in [3.63, 3.8) is 0 Å². The smallest absolute Gasteiger partial charge is 0.326 e. The van der Waals surface area contributed by atoms with Crippen LogP contribution in [0.1, 0.15) is 27.2 Å². The van der Waals surface area contributed by atoms with Gasteiger partial charge in [0.1, 0.15) is 17.8 Å². The first-order valence-corrected chi connectivity index (χ1v) is 8.99. The number of aliphatic carboxylic acids is 1. The van der Waals surface area contributed by atoms with Crippen molar-refractivity contribution in [1.29, 1.82) is 0 Å². The van der Waals surface area contributed by atoms with E-state index in [4.69, 9.17) is 14.9 Å². The molecule has 0 spiro atoms. The van der Waals surface area contributed by atoms with Crippen LogP contribution in [-0.2, 0) is 9.59 Å².